The summed E-state index contributed by atoms with van der Waals surface area (Å²) in [6.45, 7) is 6.32. The van der Waals surface area contributed by atoms with Gasteiger partial charge in [-0.3, -0.25) is 4.79 Å². The number of nitrogens with zero attached hydrogens (tertiary/aromatic N) is 2. The van der Waals surface area contributed by atoms with Crippen molar-refractivity contribution in [1.82, 2.24) is 15.5 Å². The van der Waals surface area contributed by atoms with E-state index in [0.717, 1.165) is 18.4 Å². The van der Waals surface area contributed by atoms with E-state index in [-0.39, 0.29) is 17.9 Å². The van der Waals surface area contributed by atoms with E-state index in [9.17, 15) is 4.79 Å². The second kappa shape index (κ2) is 11.5. The molecule has 1 heterocycles. The topological polar surface area (TPSA) is 68.0 Å². The molecule has 1 amide bonds. The zero-order valence-electron chi connectivity index (χ0n) is 16.9. The van der Waals surface area contributed by atoms with Crippen LogP contribution < -0.4 is 5.32 Å². The average Bonchev–Trinajstić information content (AvgIpc) is 3.15. The van der Waals surface area contributed by atoms with E-state index in [1.54, 1.807) is 0 Å². The fourth-order valence-electron chi connectivity index (χ4n) is 3.06. The number of amides is 1. The molecule has 0 bridgehead atoms. The lowest BCUT2D eigenvalue weighted by Crippen LogP contribution is -2.31. The van der Waals surface area contributed by atoms with Crippen molar-refractivity contribution in [1.29, 1.82) is 0 Å². The van der Waals surface area contributed by atoms with E-state index >= 15 is 0 Å². The maximum absolute atomic E-state index is 12.3. The fourth-order valence-corrected chi connectivity index (χ4v) is 3.06. The summed E-state index contributed by atoms with van der Waals surface area (Å²) >= 11 is 0. The summed E-state index contributed by atoms with van der Waals surface area (Å²) in [6, 6.07) is 9.42. The van der Waals surface area contributed by atoms with Crippen LogP contribution in [0.4, 0.5) is 0 Å². The molecule has 1 unspecified atom stereocenters. The molecule has 1 atom stereocenters. The van der Waals surface area contributed by atoms with Gasteiger partial charge in [0.15, 0.2) is 0 Å². The highest BCUT2D eigenvalue weighted by Gasteiger charge is 2.24. The van der Waals surface area contributed by atoms with E-state index in [2.05, 4.69) is 22.4 Å². The predicted molar refractivity (Wildman–Crippen MR) is 108 cm³/mol. The molecule has 2 aromatic rings. The minimum atomic E-state index is -0.257. The standard InChI is InChI=1S/C22H33N3O2/c1-4-5-6-7-8-9-13-16-19(26)23-20(17(2)3)22-25-24-21(27-22)18-14-11-10-12-15-18/h10-12,14-15,17,20H,4-9,13,16H2,1-3H3,(H,23,26). The largest absolute Gasteiger partial charge is 0.418 e. The molecule has 0 fully saturated rings. The maximum atomic E-state index is 12.3. The smallest absolute Gasteiger partial charge is 0.247 e. The average molecular weight is 372 g/mol. The fraction of sp³-hybridized carbons (Fsp3) is 0.591. The molecule has 0 aliphatic carbocycles. The molecule has 27 heavy (non-hydrogen) atoms. The van der Waals surface area contributed by atoms with Crippen molar-refractivity contribution in [2.75, 3.05) is 0 Å². The summed E-state index contributed by atoms with van der Waals surface area (Å²) < 4.78 is 5.84. The van der Waals surface area contributed by atoms with Gasteiger partial charge in [-0.2, -0.15) is 0 Å². The summed E-state index contributed by atoms with van der Waals surface area (Å²) in [4.78, 5) is 12.3. The van der Waals surface area contributed by atoms with Crippen molar-refractivity contribution in [3.05, 3.63) is 36.2 Å². The Morgan fingerprint density at radius 2 is 1.67 bits per heavy atom. The Labute approximate surface area is 163 Å². The molecule has 5 nitrogen and oxygen atoms in total. The number of rotatable bonds is 12. The van der Waals surface area contributed by atoms with Crippen molar-refractivity contribution in [2.45, 2.75) is 78.2 Å². The number of nitrogens with one attached hydrogen (secondary N) is 1. The third kappa shape index (κ3) is 7.16. The number of hydrogen-bond donors (Lipinski definition) is 1. The number of hydrogen-bond acceptors (Lipinski definition) is 4. The van der Waals surface area contributed by atoms with Gasteiger partial charge in [-0.05, 0) is 24.5 Å². The van der Waals surface area contributed by atoms with Gasteiger partial charge >= 0.3 is 0 Å². The van der Waals surface area contributed by atoms with Gasteiger partial charge in [0.1, 0.15) is 6.04 Å². The van der Waals surface area contributed by atoms with Crippen molar-refractivity contribution >= 4 is 5.91 Å². The zero-order chi connectivity index (χ0) is 19.5. The molecular formula is C22H33N3O2. The van der Waals surface area contributed by atoms with Crippen molar-refractivity contribution in [2.24, 2.45) is 5.92 Å². The summed E-state index contributed by atoms with van der Waals surface area (Å²) in [5.74, 6) is 1.18. The van der Waals surface area contributed by atoms with Crippen molar-refractivity contribution in [3.8, 4) is 11.5 Å². The molecule has 1 aromatic carbocycles. The van der Waals surface area contributed by atoms with Gasteiger partial charge in [-0.1, -0.05) is 77.5 Å². The summed E-state index contributed by atoms with van der Waals surface area (Å²) in [5, 5.41) is 11.4. The summed E-state index contributed by atoms with van der Waals surface area (Å²) in [5.41, 5.74) is 0.883. The van der Waals surface area contributed by atoms with Crippen LogP contribution in [0.5, 0.6) is 0 Å². The Morgan fingerprint density at radius 3 is 2.33 bits per heavy atom. The van der Waals surface area contributed by atoms with E-state index in [0.29, 0.717) is 18.2 Å². The number of unbranched alkanes of at least 4 members (excludes halogenated alkanes) is 6. The van der Waals surface area contributed by atoms with E-state index in [1.165, 1.54) is 32.1 Å². The molecule has 0 spiro atoms. The molecule has 1 N–H and O–H groups in total. The maximum Gasteiger partial charge on any atom is 0.247 e. The van der Waals surface area contributed by atoms with E-state index in [1.807, 2.05) is 44.2 Å². The van der Waals surface area contributed by atoms with Crippen LogP contribution in [0.2, 0.25) is 0 Å². The Kier molecular flexibility index (Phi) is 9.02. The lowest BCUT2D eigenvalue weighted by atomic mass is 10.0. The molecule has 1 aromatic heterocycles. The first-order valence-corrected chi connectivity index (χ1v) is 10.3. The molecule has 0 saturated heterocycles. The van der Waals surface area contributed by atoms with Crippen LogP contribution in [0.25, 0.3) is 11.5 Å². The van der Waals surface area contributed by atoms with Crippen molar-refractivity contribution in [3.63, 3.8) is 0 Å². The van der Waals surface area contributed by atoms with Crippen LogP contribution >= 0.6 is 0 Å². The molecule has 2 rings (SSSR count). The predicted octanol–water partition coefficient (Wildman–Crippen LogP) is 5.69. The molecular weight excluding hydrogens is 338 g/mol. The van der Waals surface area contributed by atoms with Gasteiger partial charge in [-0.25, -0.2) is 0 Å². The molecule has 0 aliphatic rings. The Morgan fingerprint density at radius 1 is 1.00 bits per heavy atom. The van der Waals surface area contributed by atoms with Gasteiger partial charge in [0.2, 0.25) is 17.7 Å². The van der Waals surface area contributed by atoms with Crippen LogP contribution in [0.1, 0.15) is 84.1 Å². The van der Waals surface area contributed by atoms with Gasteiger partial charge in [0.25, 0.3) is 0 Å². The first-order chi connectivity index (χ1) is 13.1. The SMILES string of the molecule is CCCCCCCCCC(=O)NC(c1nnc(-c2ccccc2)o1)C(C)C. The lowest BCUT2D eigenvalue weighted by Gasteiger charge is -2.18. The summed E-state index contributed by atoms with van der Waals surface area (Å²) in [7, 11) is 0. The van der Waals surface area contributed by atoms with Gasteiger partial charge < -0.3 is 9.73 Å². The quantitative estimate of drug-likeness (QED) is 0.487. The molecule has 0 radical (unpaired) electrons. The monoisotopic (exact) mass is 371 g/mol. The van der Waals surface area contributed by atoms with Crippen LogP contribution in [0.3, 0.4) is 0 Å². The Hall–Kier alpha value is -2.17. The van der Waals surface area contributed by atoms with E-state index in [4.69, 9.17) is 4.42 Å². The Bertz CT molecular complexity index is 667. The molecule has 148 valence electrons. The van der Waals surface area contributed by atoms with Crippen LogP contribution in [0, 0.1) is 5.92 Å². The minimum Gasteiger partial charge on any atom is -0.418 e. The Balaban J connectivity index is 1.83. The second-order valence-corrected chi connectivity index (χ2v) is 7.47. The highest BCUT2D eigenvalue weighted by atomic mass is 16.4. The normalized spacial score (nSPS) is 12.3. The second-order valence-electron chi connectivity index (χ2n) is 7.47. The first kappa shape index (κ1) is 21.1. The molecule has 0 saturated carbocycles. The molecule has 0 aliphatic heterocycles. The van der Waals surface area contributed by atoms with Gasteiger partial charge in [-0.15, -0.1) is 10.2 Å². The lowest BCUT2D eigenvalue weighted by molar-refractivity contribution is -0.122. The van der Waals surface area contributed by atoms with Crippen LogP contribution in [0.15, 0.2) is 34.7 Å². The number of benzene rings is 1. The first-order valence-electron chi connectivity index (χ1n) is 10.3. The highest BCUT2D eigenvalue weighted by molar-refractivity contribution is 5.76. The van der Waals surface area contributed by atoms with Gasteiger partial charge in [0, 0.05) is 12.0 Å². The number of carbonyl (C=O) groups excluding carboxylic acids is 1. The van der Waals surface area contributed by atoms with Crippen LogP contribution in [-0.4, -0.2) is 16.1 Å². The highest BCUT2D eigenvalue weighted by Crippen LogP contribution is 2.25. The number of carbonyl (C=O) groups is 1. The third-order valence-electron chi connectivity index (χ3n) is 4.72. The zero-order valence-corrected chi connectivity index (χ0v) is 16.9. The summed E-state index contributed by atoms with van der Waals surface area (Å²) in [6.07, 6.45) is 8.96. The molecule has 5 heteroatoms. The number of aromatic nitrogens is 2. The van der Waals surface area contributed by atoms with Gasteiger partial charge in [0.05, 0.1) is 0 Å². The van der Waals surface area contributed by atoms with Crippen LogP contribution in [-0.2, 0) is 4.79 Å². The minimum absolute atomic E-state index is 0.0571. The van der Waals surface area contributed by atoms with E-state index < -0.39 is 0 Å². The van der Waals surface area contributed by atoms with Crippen molar-refractivity contribution < 1.29 is 9.21 Å². The third-order valence-corrected chi connectivity index (χ3v) is 4.72.